The van der Waals surface area contributed by atoms with E-state index < -0.39 is 23.7 Å². The average Bonchev–Trinajstić information content (AvgIpc) is 2.36. The Hall–Kier alpha value is -1.30. The smallest absolute Gasteiger partial charge is 0.407 e. The van der Waals surface area contributed by atoms with Gasteiger partial charge in [0.2, 0.25) is 0 Å². The van der Waals surface area contributed by atoms with Crippen molar-refractivity contribution >= 4 is 12.1 Å². The fourth-order valence-electron chi connectivity index (χ4n) is 2.26. The normalized spacial score (nSPS) is 13.0. The molecular formula is C16H32N2O4. The molecule has 0 aromatic carbocycles. The molecule has 0 aliphatic carbocycles. The Kier molecular flexibility index (Phi) is 9.81. The topological polar surface area (TPSA) is 78.9 Å². The van der Waals surface area contributed by atoms with Crippen LogP contribution in [0.25, 0.3) is 0 Å². The SMILES string of the molecule is CCCN(CCC)C(CCCNC(=O)OC(C)(C)C)C(=O)O. The van der Waals surface area contributed by atoms with Crippen LogP contribution in [-0.4, -0.2) is 53.3 Å². The summed E-state index contributed by atoms with van der Waals surface area (Å²) in [6.07, 6.45) is 2.53. The van der Waals surface area contributed by atoms with Gasteiger partial charge in [-0.05, 0) is 59.5 Å². The molecule has 0 saturated carbocycles. The monoisotopic (exact) mass is 316 g/mol. The van der Waals surface area contributed by atoms with Gasteiger partial charge in [0.1, 0.15) is 11.6 Å². The number of carbonyl (C=O) groups is 2. The molecule has 0 aliphatic heterocycles. The number of alkyl carbamates (subject to hydrolysis) is 1. The van der Waals surface area contributed by atoms with Gasteiger partial charge in [0.05, 0.1) is 0 Å². The van der Waals surface area contributed by atoms with Crippen LogP contribution in [0.15, 0.2) is 0 Å². The largest absolute Gasteiger partial charge is 0.480 e. The van der Waals surface area contributed by atoms with Gasteiger partial charge in [-0.15, -0.1) is 0 Å². The molecule has 0 saturated heterocycles. The molecule has 0 rings (SSSR count). The molecule has 6 nitrogen and oxygen atoms in total. The molecule has 0 aromatic rings. The third-order valence-corrected chi connectivity index (χ3v) is 3.07. The van der Waals surface area contributed by atoms with Crippen molar-refractivity contribution in [2.24, 2.45) is 0 Å². The Balaban J connectivity index is 4.25. The number of ether oxygens (including phenoxy) is 1. The van der Waals surface area contributed by atoms with E-state index in [0.717, 1.165) is 25.9 Å². The Morgan fingerprint density at radius 3 is 2.14 bits per heavy atom. The number of carbonyl (C=O) groups excluding carboxylic acids is 1. The first-order valence-electron chi connectivity index (χ1n) is 8.15. The highest BCUT2D eigenvalue weighted by atomic mass is 16.6. The molecule has 1 amide bonds. The van der Waals surface area contributed by atoms with Crippen LogP contribution < -0.4 is 5.32 Å². The number of rotatable bonds is 10. The van der Waals surface area contributed by atoms with E-state index in [0.29, 0.717) is 19.4 Å². The molecule has 0 spiro atoms. The summed E-state index contributed by atoms with van der Waals surface area (Å²) in [5, 5.41) is 12.1. The number of amides is 1. The third kappa shape index (κ3) is 9.60. The van der Waals surface area contributed by atoms with Gasteiger partial charge < -0.3 is 15.2 Å². The van der Waals surface area contributed by atoms with Gasteiger partial charge >= 0.3 is 12.1 Å². The van der Waals surface area contributed by atoms with Gasteiger partial charge in [-0.2, -0.15) is 0 Å². The number of aliphatic carboxylic acids is 1. The van der Waals surface area contributed by atoms with E-state index in [1.54, 1.807) is 20.8 Å². The lowest BCUT2D eigenvalue weighted by atomic mass is 10.1. The standard InChI is InChI=1S/C16H32N2O4/c1-6-11-18(12-7-2)13(14(19)20)9-8-10-17-15(21)22-16(3,4)5/h13H,6-12H2,1-5H3,(H,17,21)(H,19,20). The van der Waals surface area contributed by atoms with Gasteiger partial charge in [-0.1, -0.05) is 13.8 Å². The second-order valence-corrected chi connectivity index (χ2v) is 6.46. The van der Waals surface area contributed by atoms with Crippen LogP contribution in [0, 0.1) is 0 Å². The van der Waals surface area contributed by atoms with Gasteiger partial charge in [-0.25, -0.2) is 4.79 Å². The Morgan fingerprint density at radius 2 is 1.73 bits per heavy atom. The van der Waals surface area contributed by atoms with Gasteiger partial charge in [0, 0.05) is 6.54 Å². The van der Waals surface area contributed by atoms with Crippen LogP contribution in [0.4, 0.5) is 4.79 Å². The van der Waals surface area contributed by atoms with E-state index in [9.17, 15) is 14.7 Å². The van der Waals surface area contributed by atoms with E-state index in [1.165, 1.54) is 0 Å². The first-order chi connectivity index (χ1) is 10.2. The van der Waals surface area contributed by atoms with Gasteiger partial charge in [0.15, 0.2) is 0 Å². The lowest BCUT2D eigenvalue weighted by molar-refractivity contribution is -0.143. The van der Waals surface area contributed by atoms with E-state index in [1.807, 2.05) is 18.7 Å². The second kappa shape index (κ2) is 10.4. The van der Waals surface area contributed by atoms with Crippen molar-refractivity contribution in [1.82, 2.24) is 10.2 Å². The van der Waals surface area contributed by atoms with Crippen LogP contribution in [0.5, 0.6) is 0 Å². The Morgan fingerprint density at radius 1 is 1.18 bits per heavy atom. The maximum absolute atomic E-state index is 11.5. The van der Waals surface area contributed by atoms with Crippen LogP contribution >= 0.6 is 0 Å². The van der Waals surface area contributed by atoms with Crippen LogP contribution in [0.3, 0.4) is 0 Å². The minimum Gasteiger partial charge on any atom is -0.480 e. The van der Waals surface area contributed by atoms with Crippen LogP contribution in [-0.2, 0) is 9.53 Å². The summed E-state index contributed by atoms with van der Waals surface area (Å²) in [7, 11) is 0. The molecular weight excluding hydrogens is 284 g/mol. The second-order valence-electron chi connectivity index (χ2n) is 6.46. The summed E-state index contributed by atoms with van der Waals surface area (Å²) in [6, 6.07) is -0.486. The number of hydrogen-bond acceptors (Lipinski definition) is 4. The minimum absolute atomic E-state index is 0.421. The molecule has 6 heteroatoms. The first-order valence-corrected chi connectivity index (χ1v) is 8.15. The number of nitrogens with one attached hydrogen (secondary N) is 1. The maximum atomic E-state index is 11.5. The zero-order chi connectivity index (χ0) is 17.2. The summed E-state index contributed by atoms with van der Waals surface area (Å²) >= 11 is 0. The van der Waals surface area contributed by atoms with E-state index in [4.69, 9.17) is 4.74 Å². The maximum Gasteiger partial charge on any atom is 0.407 e. The predicted molar refractivity (Wildman–Crippen MR) is 87.0 cm³/mol. The quantitative estimate of drug-likeness (QED) is 0.606. The first kappa shape index (κ1) is 20.7. The molecule has 1 atom stereocenters. The lowest BCUT2D eigenvalue weighted by Gasteiger charge is -2.28. The van der Waals surface area contributed by atoms with E-state index >= 15 is 0 Å². The summed E-state index contributed by atoms with van der Waals surface area (Å²) < 4.78 is 5.14. The molecule has 0 heterocycles. The Labute approximate surface area is 134 Å². The van der Waals surface area contributed by atoms with Crippen molar-refractivity contribution in [2.75, 3.05) is 19.6 Å². The van der Waals surface area contributed by atoms with Gasteiger partial charge in [0.25, 0.3) is 0 Å². The van der Waals surface area contributed by atoms with Crippen LogP contribution in [0.1, 0.15) is 60.3 Å². The fourth-order valence-corrected chi connectivity index (χ4v) is 2.26. The zero-order valence-electron chi connectivity index (χ0n) is 14.6. The van der Waals surface area contributed by atoms with Crippen molar-refractivity contribution < 1.29 is 19.4 Å². The van der Waals surface area contributed by atoms with E-state index in [2.05, 4.69) is 5.32 Å². The number of hydrogen-bond donors (Lipinski definition) is 2. The van der Waals surface area contributed by atoms with Crippen molar-refractivity contribution in [1.29, 1.82) is 0 Å². The molecule has 0 aliphatic rings. The van der Waals surface area contributed by atoms with Crippen molar-refractivity contribution in [2.45, 2.75) is 71.9 Å². The van der Waals surface area contributed by atoms with Gasteiger partial charge in [-0.3, -0.25) is 9.69 Å². The average molecular weight is 316 g/mol. The number of carboxylic acid groups (broad SMARTS) is 1. The molecule has 0 fully saturated rings. The predicted octanol–water partition coefficient (Wildman–Crippen LogP) is 2.87. The number of carboxylic acids is 1. The highest BCUT2D eigenvalue weighted by Crippen LogP contribution is 2.10. The van der Waals surface area contributed by atoms with Crippen LogP contribution in [0.2, 0.25) is 0 Å². The van der Waals surface area contributed by atoms with E-state index in [-0.39, 0.29) is 0 Å². The molecule has 0 bridgehead atoms. The highest BCUT2D eigenvalue weighted by molar-refractivity contribution is 5.73. The van der Waals surface area contributed by atoms with Crippen molar-refractivity contribution in [3.63, 3.8) is 0 Å². The molecule has 1 unspecified atom stereocenters. The number of nitrogens with zero attached hydrogens (tertiary/aromatic N) is 1. The summed E-state index contributed by atoms with van der Waals surface area (Å²) in [5.74, 6) is -0.792. The minimum atomic E-state index is -0.792. The third-order valence-electron chi connectivity index (χ3n) is 3.07. The fraction of sp³-hybridized carbons (Fsp3) is 0.875. The summed E-state index contributed by atoms with van der Waals surface area (Å²) in [5.41, 5.74) is -0.521. The zero-order valence-corrected chi connectivity index (χ0v) is 14.6. The van der Waals surface area contributed by atoms with Crippen molar-refractivity contribution in [3.05, 3.63) is 0 Å². The summed E-state index contributed by atoms with van der Waals surface area (Å²) in [6.45, 7) is 11.5. The molecule has 2 N–H and O–H groups in total. The molecule has 0 radical (unpaired) electrons. The van der Waals surface area contributed by atoms with Crippen molar-refractivity contribution in [3.8, 4) is 0 Å². The molecule has 130 valence electrons. The summed E-state index contributed by atoms with van der Waals surface area (Å²) in [4.78, 5) is 25.0. The Bertz CT molecular complexity index is 334. The lowest BCUT2D eigenvalue weighted by Crippen LogP contribution is -2.42. The molecule has 0 aromatic heterocycles. The highest BCUT2D eigenvalue weighted by Gasteiger charge is 2.24. The molecule has 22 heavy (non-hydrogen) atoms.